The highest BCUT2D eigenvalue weighted by molar-refractivity contribution is 7.47. The minimum Gasteiger partial charge on any atom is -0.462 e. The predicted octanol–water partition coefficient (Wildman–Crippen LogP) is 9.23. The van der Waals surface area contributed by atoms with Crippen molar-refractivity contribution < 1.29 is 63.1 Å². The Morgan fingerprint density at radius 2 is 0.850 bits per heavy atom. The largest absolute Gasteiger partial charge is 0.472 e. The summed E-state index contributed by atoms with van der Waals surface area (Å²) in [6, 6.07) is 0. The molecule has 0 heterocycles. The van der Waals surface area contributed by atoms with Crippen LogP contribution < -0.4 is 0 Å². The second kappa shape index (κ2) is 36.8. The van der Waals surface area contributed by atoms with E-state index in [2.05, 4.69) is 38.2 Å². The molecule has 0 aromatic rings. The van der Waals surface area contributed by atoms with Crippen LogP contribution in [0.1, 0.15) is 200 Å². The third kappa shape index (κ3) is 28.8. The molecule has 60 heavy (non-hydrogen) atoms. The quantitative estimate of drug-likeness (QED) is 0.0147. The van der Waals surface area contributed by atoms with Gasteiger partial charge in [0.1, 0.15) is 43.2 Å². The van der Waals surface area contributed by atoms with Gasteiger partial charge >= 0.3 is 19.8 Å². The van der Waals surface area contributed by atoms with E-state index < -0.39 is 75.7 Å². The summed E-state index contributed by atoms with van der Waals surface area (Å²) in [5.74, 6) is -1.11. The van der Waals surface area contributed by atoms with Crippen LogP contribution in [0.5, 0.6) is 0 Å². The van der Waals surface area contributed by atoms with Crippen LogP contribution in [-0.2, 0) is 32.7 Å². The number of phosphoric acid groups is 1. The van der Waals surface area contributed by atoms with Crippen molar-refractivity contribution in [3.05, 3.63) is 24.3 Å². The second-order valence-corrected chi connectivity index (χ2v) is 18.0. The van der Waals surface area contributed by atoms with E-state index in [1.807, 2.05) is 0 Å². The Balaban J connectivity index is 2.46. The molecule has 1 saturated carbocycles. The minimum atomic E-state index is -5.12. The molecule has 0 aromatic heterocycles. The Labute approximate surface area is 362 Å². The average Bonchev–Trinajstić information content (AvgIpc) is 3.23. The normalized spacial score (nSPS) is 22.3. The molecule has 0 aromatic carbocycles. The number of aliphatic hydroxyl groups excluding tert-OH is 5. The molecular weight excluding hydrogens is 791 g/mol. The minimum absolute atomic E-state index is 0.0869. The fourth-order valence-electron chi connectivity index (χ4n) is 7.16. The van der Waals surface area contributed by atoms with E-state index in [4.69, 9.17) is 18.5 Å². The van der Waals surface area contributed by atoms with Gasteiger partial charge in [0.2, 0.25) is 0 Å². The Morgan fingerprint density at radius 3 is 1.27 bits per heavy atom. The molecule has 0 spiro atoms. The molecule has 0 bridgehead atoms. The molecule has 8 atom stereocenters. The highest BCUT2D eigenvalue weighted by Gasteiger charge is 2.51. The van der Waals surface area contributed by atoms with Gasteiger partial charge in [-0.3, -0.25) is 18.6 Å². The Bertz CT molecular complexity index is 1150. The summed E-state index contributed by atoms with van der Waals surface area (Å²) in [5, 5.41) is 50.1. The number of ether oxygens (including phenoxy) is 2. The van der Waals surface area contributed by atoms with Crippen LogP contribution in [0.15, 0.2) is 24.3 Å². The van der Waals surface area contributed by atoms with Crippen molar-refractivity contribution in [3.8, 4) is 0 Å². The molecule has 14 heteroatoms. The van der Waals surface area contributed by atoms with Crippen molar-refractivity contribution >= 4 is 19.8 Å². The molecule has 1 aliphatic rings. The van der Waals surface area contributed by atoms with Gasteiger partial charge in [-0.05, 0) is 64.2 Å². The van der Waals surface area contributed by atoms with Crippen molar-refractivity contribution in [1.29, 1.82) is 0 Å². The Morgan fingerprint density at radius 1 is 0.500 bits per heavy atom. The average molecular weight is 877 g/mol. The van der Waals surface area contributed by atoms with E-state index in [1.165, 1.54) is 83.5 Å². The first kappa shape index (κ1) is 56.3. The summed E-state index contributed by atoms with van der Waals surface area (Å²) >= 11 is 0. The van der Waals surface area contributed by atoms with E-state index in [9.17, 15) is 44.6 Å². The zero-order valence-electron chi connectivity index (χ0n) is 37.3. The Hall–Kier alpha value is -1.67. The van der Waals surface area contributed by atoms with Crippen LogP contribution in [0.25, 0.3) is 0 Å². The summed E-state index contributed by atoms with van der Waals surface area (Å²) in [5.41, 5.74) is 0. The number of esters is 2. The van der Waals surface area contributed by atoms with Crippen molar-refractivity contribution in [2.75, 3.05) is 13.2 Å². The maximum atomic E-state index is 12.8. The molecule has 6 N–H and O–H groups in total. The second-order valence-electron chi connectivity index (χ2n) is 16.6. The summed E-state index contributed by atoms with van der Waals surface area (Å²) in [6.07, 6.45) is 26.6. The maximum absolute atomic E-state index is 12.8. The number of allylic oxidation sites excluding steroid dienone is 4. The topological polar surface area (TPSA) is 210 Å². The van der Waals surface area contributed by atoms with Crippen LogP contribution in [0.4, 0.5) is 0 Å². The molecule has 13 nitrogen and oxygen atoms in total. The first-order valence-electron chi connectivity index (χ1n) is 23.6. The lowest BCUT2D eigenvalue weighted by Gasteiger charge is -2.41. The van der Waals surface area contributed by atoms with Gasteiger partial charge in [-0.2, -0.15) is 0 Å². The number of hydrogen-bond donors (Lipinski definition) is 6. The van der Waals surface area contributed by atoms with Gasteiger partial charge in [0, 0.05) is 12.8 Å². The number of unbranched alkanes of at least 4 members (excludes halogenated alkanes) is 23. The number of phosphoric ester groups is 1. The summed E-state index contributed by atoms with van der Waals surface area (Å²) in [6.45, 7) is 3.28. The van der Waals surface area contributed by atoms with Crippen LogP contribution in [0, 0.1) is 0 Å². The lowest BCUT2D eigenvalue weighted by atomic mass is 9.85. The Kier molecular flexibility index (Phi) is 34.5. The number of hydrogen-bond acceptors (Lipinski definition) is 12. The zero-order chi connectivity index (χ0) is 44.3. The molecule has 0 aliphatic heterocycles. The first-order valence-corrected chi connectivity index (χ1v) is 25.1. The van der Waals surface area contributed by atoms with Crippen molar-refractivity contribution in [1.82, 2.24) is 0 Å². The zero-order valence-corrected chi connectivity index (χ0v) is 38.2. The smallest absolute Gasteiger partial charge is 0.462 e. The van der Waals surface area contributed by atoms with Crippen LogP contribution in [0.3, 0.4) is 0 Å². The number of carbonyl (C=O) groups is 2. The highest BCUT2D eigenvalue weighted by Crippen LogP contribution is 2.47. The standard InChI is InChI=1S/C46H85O13P/c1-3-5-7-9-11-13-15-17-19-21-23-25-27-29-31-33-35-40(48)58-38(37-57-60(54,55)59-46-44(52)42(50)41(49)43(51)45(46)53)36-56-39(47)34-32-30-28-26-24-22-20-18-16-14-12-10-8-6-4-2/h18-21,38,41-46,49-53H,3-17,22-37H2,1-2H3,(H,54,55)/b20-18-,21-19-/t38-,41?,42-,43?,44?,45?,46?/m1/s1. The van der Waals surface area contributed by atoms with E-state index in [0.717, 1.165) is 77.0 Å². The lowest BCUT2D eigenvalue weighted by molar-refractivity contribution is -0.220. The predicted molar refractivity (Wildman–Crippen MR) is 235 cm³/mol. The van der Waals surface area contributed by atoms with Gasteiger partial charge in [0.15, 0.2) is 6.10 Å². The summed E-state index contributed by atoms with van der Waals surface area (Å²) < 4.78 is 33.5. The van der Waals surface area contributed by atoms with E-state index in [0.29, 0.717) is 12.8 Å². The SMILES string of the molecule is CCCCCCCC/C=C\CCCCCCCC(=O)OC[C@H](COP(=O)(O)OC1C(O)C(O)C(O)[C@@H](O)C1O)OC(=O)CCCCCCC/C=C\CCCCCCCCC. The molecule has 0 saturated heterocycles. The number of aliphatic hydroxyl groups is 5. The van der Waals surface area contributed by atoms with Crippen LogP contribution in [0.2, 0.25) is 0 Å². The molecule has 1 aliphatic carbocycles. The van der Waals surface area contributed by atoms with Gasteiger partial charge in [0.05, 0.1) is 6.61 Å². The molecule has 1 fully saturated rings. The van der Waals surface area contributed by atoms with Crippen molar-refractivity contribution in [2.24, 2.45) is 0 Å². The number of rotatable bonds is 39. The monoisotopic (exact) mass is 877 g/mol. The fraction of sp³-hybridized carbons (Fsp3) is 0.870. The van der Waals surface area contributed by atoms with Crippen molar-refractivity contribution in [3.63, 3.8) is 0 Å². The van der Waals surface area contributed by atoms with Crippen molar-refractivity contribution in [2.45, 2.75) is 243 Å². The molecule has 1 rings (SSSR count). The molecule has 6 unspecified atom stereocenters. The molecular formula is C46H85O13P. The van der Waals surface area contributed by atoms with E-state index >= 15 is 0 Å². The lowest BCUT2D eigenvalue weighted by Crippen LogP contribution is -2.64. The third-order valence-corrected chi connectivity index (χ3v) is 12.0. The van der Waals surface area contributed by atoms with Crippen LogP contribution >= 0.6 is 7.82 Å². The van der Waals surface area contributed by atoms with Gasteiger partial charge in [-0.25, -0.2) is 4.57 Å². The summed E-state index contributed by atoms with van der Waals surface area (Å²) in [4.78, 5) is 35.7. The molecule has 0 amide bonds. The first-order chi connectivity index (χ1) is 28.9. The maximum Gasteiger partial charge on any atom is 0.472 e. The van der Waals surface area contributed by atoms with E-state index in [-0.39, 0.29) is 12.8 Å². The fourth-order valence-corrected chi connectivity index (χ4v) is 8.13. The highest BCUT2D eigenvalue weighted by atomic mass is 31.2. The van der Waals surface area contributed by atoms with Gasteiger partial charge in [-0.15, -0.1) is 0 Å². The van der Waals surface area contributed by atoms with Gasteiger partial charge < -0.3 is 39.9 Å². The van der Waals surface area contributed by atoms with Gasteiger partial charge in [0.25, 0.3) is 0 Å². The third-order valence-electron chi connectivity index (χ3n) is 11.0. The molecule has 352 valence electrons. The van der Waals surface area contributed by atoms with Gasteiger partial charge in [-0.1, -0.05) is 147 Å². The number of carbonyl (C=O) groups excluding carboxylic acids is 2. The van der Waals surface area contributed by atoms with Crippen LogP contribution in [-0.4, -0.2) is 98.3 Å². The summed E-state index contributed by atoms with van der Waals surface area (Å²) in [7, 11) is -5.12. The molecule has 0 radical (unpaired) electrons. The van der Waals surface area contributed by atoms with E-state index in [1.54, 1.807) is 0 Å².